The van der Waals surface area contributed by atoms with Gasteiger partial charge in [-0.25, -0.2) is 9.78 Å². The van der Waals surface area contributed by atoms with Gasteiger partial charge in [-0.1, -0.05) is 53.7 Å². The van der Waals surface area contributed by atoms with Crippen LogP contribution in [0.4, 0.5) is 5.69 Å². The zero-order chi connectivity index (χ0) is 25.1. The van der Waals surface area contributed by atoms with Crippen LogP contribution in [-0.2, 0) is 17.0 Å². The van der Waals surface area contributed by atoms with E-state index in [9.17, 15) is 19.7 Å². The first-order valence-corrected chi connectivity index (χ1v) is 12.8. The molecule has 0 atom stereocenters. The number of thiophene rings is 1. The van der Waals surface area contributed by atoms with Crippen LogP contribution >= 0.6 is 34.7 Å². The molecule has 0 spiro atoms. The van der Waals surface area contributed by atoms with Crippen molar-refractivity contribution in [1.82, 2.24) is 9.55 Å². The zero-order valence-electron chi connectivity index (χ0n) is 18.8. The average Bonchev–Trinajstić information content (AvgIpc) is 3.17. The van der Waals surface area contributed by atoms with Crippen molar-refractivity contribution < 1.29 is 14.5 Å². The van der Waals surface area contributed by atoms with Crippen LogP contribution in [0.2, 0.25) is 5.02 Å². The molecule has 0 fully saturated rings. The number of benzene rings is 2. The largest absolute Gasteiger partial charge is 0.462 e. The van der Waals surface area contributed by atoms with E-state index in [-0.39, 0.29) is 24.4 Å². The summed E-state index contributed by atoms with van der Waals surface area (Å²) in [5, 5.41) is 12.4. The fourth-order valence-electron chi connectivity index (χ4n) is 3.54. The second-order valence-corrected chi connectivity index (χ2v) is 9.90. The van der Waals surface area contributed by atoms with Crippen LogP contribution in [-0.4, -0.2) is 27.1 Å². The van der Waals surface area contributed by atoms with Gasteiger partial charge in [0.25, 0.3) is 11.2 Å². The Morgan fingerprint density at radius 1 is 1.26 bits per heavy atom. The van der Waals surface area contributed by atoms with Crippen molar-refractivity contribution in [2.75, 3.05) is 6.61 Å². The molecule has 35 heavy (non-hydrogen) atoms. The highest BCUT2D eigenvalue weighted by Gasteiger charge is 2.23. The molecule has 0 aliphatic heterocycles. The number of thioether (sulfide) groups is 1. The van der Waals surface area contributed by atoms with Gasteiger partial charge in [-0.3, -0.25) is 19.5 Å². The minimum atomic E-state index is -0.490. The third-order valence-electron chi connectivity index (χ3n) is 5.25. The molecule has 0 amide bonds. The van der Waals surface area contributed by atoms with Crippen molar-refractivity contribution in [1.29, 1.82) is 0 Å². The van der Waals surface area contributed by atoms with Crippen molar-refractivity contribution in [2.45, 2.75) is 31.3 Å². The summed E-state index contributed by atoms with van der Waals surface area (Å²) < 4.78 is 6.67. The smallest absolute Gasteiger partial charge is 0.348 e. The van der Waals surface area contributed by atoms with Gasteiger partial charge in [-0.2, -0.15) is 0 Å². The second-order valence-electron chi connectivity index (χ2n) is 7.55. The maximum atomic E-state index is 13.7. The molecule has 0 bridgehead atoms. The number of halogens is 1. The molecular formula is C24H20ClN3O5S2. The number of nitro benzene ring substituents is 1. The summed E-state index contributed by atoms with van der Waals surface area (Å²) >= 11 is 8.77. The molecule has 4 rings (SSSR count). The molecule has 11 heteroatoms. The predicted octanol–water partition coefficient (Wildman–Crippen LogP) is 5.85. The van der Waals surface area contributed by atoms with Crippen molar-refractivity contribution in [3.05, 3.63) is 95.6 Å². The Morgan fingerprint density at radius 3 is 2.74 bits per heavy atom. The van der Waals surface area contributed by atoms with E-state index in [1.807, 2.05) is 18.2 Å². The highest BCUT2D eigenvalue weighted by molar-refractivity contribution is 7.98. The van der Waals surface area contributed by atoms with E-state index in [1.54, 1.807) is 32.0 Å². The monoisotopic (exact) mass is 529 g/mol. The third kappa shape index (κ3) is 5.24. The molecule has 2 aromatic heterocycles. The molecule has 0 unspecified atom stereocenters. The highest BCUT2D eigenvalue weighted by atomic mass is 35.5. The quantitative estimate of drug-likeness (QED) is 0.0927. The normalized spacial score (nSPS) is 11.1. The fourth-order valence-corrected chi connectivity index (χ4v) is 5.80. The molecule has 4 aromatic rings. The molecule has 0 radical (unpaired) electrons. The molecular weight excluding hydrogens is 510 g/mol. The van der Waals surface area contributed by atoms with E-state index in [0.717, 1.165) is 22.5 Å². The lowest BCUT2D eigenvalue weighted by Crippen LogP contribution is -2.24. The van der Waals surface area contributed by atoms with Gasteiger partial charge in [0.2, 0.25) is 0 Å². The molecule has 0 aliphatic rings. The van der Waals surface area contributed by atoms with Gasteiger partial charge in [-0.15, -0.1) is 11.3 Å². The molecule has 0 aliphatic carbocycles. The summed E-state index contributed by atoms with van der Waals surface area (Å²) in [6, 6.07) is 13.6. The summed E-state index contributed by atoms with van der Waals surface area (Å²) in [4.78, 5) is 42.3. The topological polar surface area (TPSA) is 104 Å². The Labute approximate surface area is 213 Å². The summed E-state index contributed by atoms with van der Waals surface area (Å²) in [5.41, 5.74) is 1.70. The first-order chi connectivity index (χ1) is 16.8. The number of fused-ring (bicyclic) bond motifs is 1. The minimum absolute atomic E-state index is 0.00655. The maximum Gasteiger partial charge on any atom is 0.348 e. The van der Waals surface area contributed by atoms with E-state index in [1.165, 1.54) is 28.5 Å². The molecule has 0 saturated heterocycles. The number of non-ortho nitro benzene ring substituents is 1. The van der Waals surface area contributed by atoms with Gasteiger partial charge in [-0.05, 0) is 36.6 Å². The number of rotatable bonds is 8. The van der Waals surface area contributed by atoms with E-state index < -0.39 is 10.9 Å². The van der Waals surface area contributed by atoms with Gasteiger partial charge < -0.3 is 4.74 Å². The van der Waals surface area contributed by atoms with Crippen LogP contribution in [0.5, 0.6) is 0 Å². The Morgan fingerprint density at radius 2 is 2.03 bits per heavy atom. The van der Waals surface area contributed by atoms with Crippen LogP contribution < -0.4 is 5.56 Å². The predicted molar refractivity (Wildman–Crippen MR) is 138 cm³/mol. The number of aryl methyl sites for hydroxylation is 1. The lowest BCUT2D eigenvalue weighted by Gasteiger charge is -2.13. The minimum Gasteiger partial charge on any atom is -0.462 e. The van der Waals surface area contributed by atoms with Crippen molar-refractivity contribution in [3.63, 3.8) is 0 Å². The van der Waals surface area contributed by atoms with Gasteiger partial charge in [0, 0.05) is 22.9 Å². The van der Waals surface area contributed by atoms with Crippen LogP contribution in [0.3, 0.4) is 0 Å². The van der Waals surface area contributed by atoms with Crippen LogP contribution in [0, 0.1) is 17.0 Å². The van der Waals surface area contributed by atoms with Crippen molar-refractivity contribution >= 4 is 56.6 Å². The standard InChI is InChI=1S/C24H20ClN3O5S2/c1-3-33-23(30)20-14(2)19-21(35-20)26-24(34-13-15-7-6-9-17(11-15)28(31)32)27(22(19)29)12-16-8-4-5-10-18(16)25/h4-11H,3,12-13H2,1-2H3. The summed E-state index contributed by atoms with van der Waals surface area (Å²) in [6.07, 6.45) is 0. The van der Waals surface area contributed by atoms with Crippen LogP contribution in [0.25, 0.3) is 10.2 Å². The summed E-state index contributed by atoms with van der Waals surface area (Å²) in [5.74, 6) is -0.132. The van der Waals surface area contributed by atoms with Crippen molar-refractivity contribution in [3.8, 4) is 0 Å². The Kier molecular flexibility index (Phi) is 7.54. The van der Waals surface area contributed by atoms with Crippen molar-refractivity contribution in [2.24, 2.45) is 0 Å². The van der Waals surface area contributed by atoms with Gasteiger partial charge >= 0.3 is 5.97 Å². The Hall–Kier alpha value is -3.21. The van der Waals surface area contributed by atoms with E-state index in [4.69, 9.17) is 21.3 Å². The average molecular weight is 530 g/mol. The fraction of sp³-hybridized carbons (Fsp3) is 0.208. The lowest BCUT2D eigenvalue weighted by molar-refractivity contribution is -0.384. The summed E-state index contributed by atoms with van der Waals surface area (Å²) in [7, 11) is 0. The first-order valence-electron chi connectivity index (χ1n) is 10.6. The Balaban J connectivity index is 1.81. The molecule has 2 heterocycles. The number of nitro groups is 1. The van der Waals surface area contributed by atoms with Gasteiger partial charge in [0.05, 0.1) is 23.5 Å². The molecule has 0 saturated carbocycles. The van der Waals surface area contributed by atoms with Gasteiger partial charge in [0.15, 0.2) is 5.16 Å². The number of ether oxygens (including phenoxy) is 1. The van der Waals surface area contributed by atoms with Crippen LogP contribution in [0.1, 0.15) is 33.3 Å². The number of hydrogen-bond donors (Lipinski definition) is 0. The molecule has 8 nitrogen and oxygen atoms in total. The number of hydrogen-bond acceptors (Lipinski definition) is 8. The van der Waals surface area contributed by atoms with Crippen LogP contribution in [0.15, 0.2) is 58.5 Å². The first kappa shape index (κ1) is 24.9. The lowest BCUT2D eigenvalue weighted by atomic mass is 10.2. The molecule has 0 N–H and O–H groups in total. The van der Waals surface area contributed by atoms with Gasteiger partial charge in [0.1, 0.15) is 9.71 Å². The second kappa shape index (κ2) is 10.6. The maximum absolute atomic E-state index is 13.7. The van der Waals surface area contributed by atoms with E-state index >= 15 is 0 Å². The molecule has 2 aromatic carbocycles. The Bertz CT molecular complexity index is 1500. The number of esters is 1. The number of carbonyl (C=O) groups is 1. The number of nitrogens with zero attached hydrogens (tertiary/aromatic N) is 3. The highest BCUT2D eigenvalue weighted by Crippen LogP contribution is 2.31. The molecule has 180 valence electrons. The number of aromatic nitrogens is 2. The number of carbonyl (C=O) groups excluding carboxylic acids is 1. The zero-order valence-corrected chi connectivity index (χ0v) is 21.2. The van der Waals surface area contributed by atoms with E-state index in [2.05, 4.69) is 0 Å². The summed E-state index contributed by atoms with van der Waals surface area (Å²) in [6.45, 7) is 3.84. The third-order valence-corrected chi connectivity index (χ3v) is 7.83. The SMILES string of the molecule is CCOC(=O)c1sc2nc(SCc3cccc([N+](=O)[O-])c3)n(Cc3ccccc3Cl)c(=O)c2c1C. The van der Waals surface area contributed by atoms with E-state index in [0.29, 0.717) is 36.6 Å².